The quantitative estimate of drug-likeness (QED) is 0.686. The number of methoxy groups -OCH3 is 3. The van der Waals surface area contributed by atoms with E-state index in [2.05, 4.69) is 5.32 Å². The van der Waals surface area contributed by atoms with Gasteiger partial charge in [0.05, 0.1) is 26.8 Å². The van der Waals surface area contributed by atoms with E-state index >= 15 is 0 Å². The van der Waals surface area contributed by atoms with E-state index in [0.29, 0.717) is 18.0 Å². The van der Waals surface area contributed by atoms with E-state index in [1.807, 2.05) is 25.1 Å². The molecule has 0 saturated heterocycles. The Bertz CT molecular complexity index is 890. The van der Waals surface area contributed by atoms with E-state index < -0.39 is 0 Å². The number of hydrogen-bond donors (Lipinski definition) is 2. The average Bonchev–Trinajstić information content (AvgIpc) is 2.72. The fourth-order valence-corrected chi connectivity index (χ4v) is 4.35. The summed E-state index contributed by atoms with van der Waals surface area (Å²) in [5.74, 6) is 0.944. The molecule has 30 heavy (non-hydrogen) atoms. The summed E-state index contributed by atoms with van der Waals surface area (Å²) in [4.78, 5) is 13.5. The van der Waals surface area contributed by atoms with Gasteiger partial charge >= 0.3 is 0 Å². The lowest BCUT2D eigenvalue weighted by Gasteiger charge is -2.38. The number of ether oxygens (including phenoxy) is 3. The van der Waals surface area contributed by atoms with Crippen LogP contribution in [0.4, 0.5) is 4.39 Å². The molecular weight excluding hydrogens is 387 g/mol. The highest BCUT2D eigenvalue weighted by molar-refractivity contribution is 5.77. The Morgan fingerprint density at radius 1 is 1.20 bits per heavy atom. The smallest absolute Gasteiger partial charge is 0.246 e. The van der Waals surface area contributed by atoms with Crippen LogP contribution in [0, 0.1) is 5.82 Å². The first kappa shape index (κ1) is 22.1. The minimum absolute atomic E-state index is 0.00901. The molecule has 0 saturated carbocycles. The second kappa shape index (κ2) is 9.91. The third-order valence-electron chi connectivity index (χ3n) is 5.62. The van der Waals surface area contributed by atoms with Crippen molar-refractivity contribution in [1.82, 2.24) is 5.32 Å². The molecule has 162 valence electrons. The van der Waals surface area contributed by atoms with Crippen LogP contribution in [0.25, 0.3) is 0 Å². The first-order chi connectivity index (χ1) is 14.5. The molecule has 0 aliphatic carbocycles. The SMILES string of the molecule is COCC(=O)N[C@H](C)[C@H]1c2cc(OC)c(OC)cc2CC[NH+]1Cc1cccc(F)c1. The van der Waals surface area contributed by atoms with Gasteiger partial charge in [0.1, 0.15) is 25.0 Å². The normalized spacial score (nSPS) is 19.0. The molecule has 7 heteroatoms. The predicted molar refractivity (Wildman–Crippen MR) is 111 cm³/mol. The molecule has 0 aromatic heterocycles. The number of halogens is 1. The summed E-state index contributed by atoms with van der Waals surface area (Å²) in [5, 5.41) is 3.05. The van der Waals surface area contributed by atoms with Crippen LogP contribution in [0.3, 0.4) is 0 Å². The largest absolute Gasteiger partial charge is 0.493 e. The lowest BCUT2D eigenvalue weighted by molar-refractivity contribution is -0.948. The average molecular weight is 418 g/mol. The molecule has 1 amide bonds. The standard InChI is InChI=1S/C23H29FN2O4/c1-15(25-22(27)14-28-2)23-19-12-21(30-4)20(29-3)11-17(19)8-9-26(23)13-16-6-5-7-18(24)10-16/h5-7,10-12,15,23H,8-9,13-14H2,1-4H3,(H,25,27)/p+1/t15-,23+/m1/s1. The van der Waals surface area contributed by atoms with Crippen molar-refractivity contribution in [1.29, 1.82) is 0 Å². The van der Waals surface area contributed by atoms with E-state index in [4.69, 9.17) is 14.2 Å². The van der Waals surface area contributed by atoms with Gasteiger partial charge in [0.2, 0.25) is 5.91 Å². The van der Waals surface area contributed by atoms with Crippen molar-refractivity contribution in [3.8, 4) is 11.5 Å². The van der Waals surface area contributed by atoms with E-state index in [1.54, 1.807) is 26.4 Å². The van der Waals surface area contributed by atoms with Gasteiger partial charge < -0.3 is 24.4 Å². The molecule has 0 fully saturated rings. The summed E-state index contributed by atoms with van der Waals surface area (Å²) >= 11 is 0. The van der Waals surface area contributed by atoms with Crippen LogP contribution in [-0.4, -0.2) is 46.4 Å². The van der Waals surface area contributed by atoms with Gasteiger partial charge in [-0.15, -0.1) is 0 Å². The lowest BCUT2D eigenvalue weighted by atomic mass is 9.87. The third-order valence-corrected chi connectivity index (χ3v) is 5.62. The van der Waals surface area contributed by atoms with Crippen LogP contribution >= 0.6 is 0 Å². The van der Waals surface area contributed by atoms with Crippen molar-refractivity contribution in [2.24, 2.45) is 0 Å². The topological polar surface area (TPSA) is 61.2 Å². The number of carbonyl (C=O) groups excluding carboxylic acids is 1. The molecule has 3 rings (SSSR count). The number of fused-ring (bicyclic) bond motifs is 1. The van der Waals surface area contributed by atoms with E-state index in [0.717, 1.165) is 24.1 Å². The number of benzene rings is 2. The van der Waals surface area contributed by atoms with Gasteiger partial charge in [0, 0.05) is 24.7 Å². The van der Waals surface area contributed by atoms with Crippen LogP contribution in [0.5, 0.6) is 11.5 Å². The number of hydrogen-bond acceptors (Lipinski definition) is 4. The fourth-order valence-electron chi connectivity index (χ4n) is 4.35. The van der Waals surface area contributed by atoms with Crippen molar-refractivity contribution in [3.05, 3.63) is 58.9 Å². The first-order valence-corrected chi connectivity index (χ1v) is 10.1. The molecule has 2 N–H and O–H groups in total. The molecule has 0 radical (unpaired) electrons. The first-order valence-electron chi connectivity index (χ1n) is 10.1. The van der Waals surface area contributed by atoms with Gasteiger partial charge in [0.15, 0.2) is 11.5 Å². The number of carbonyl (C=O) groups is 1. The molecular formula is C23H30FN2O4+. The van der Waals surface area contributed by atoms with Crippen LogP contribution in [0.2, 0.25) is 0 Å². The maximum Gasteiger partial charge on any atom is 0.246 e. The molecule has 1 aliphatic heterocycles. The molecule has 6 nitrogen and oxygen atoms in total. The molecule has 0 bridgehead atoms. The predicted octanol–water partition coefficient (Wildman–Crippen LogP) is 1.68. The Hall–Kier alpha value is -2.64. The minimum atomic E-state index is -0.242. The minimum Gasteiger partial charge on any atom is -0.493 e. The monoisotopic (exact) mass is 417 g/mol. The maximum atomic E-state index is 13.7. The third kappa shape index (κ3) is 4.91. The Morgan fingerprint density at radius 2 is 1.93 bits per heavy atom. The molecule has 1 heterocycles. The van der Waals surface area contributed by atoms with Gasteiger partial charge in [0.25, 0.3) is 0 Å². The molecule has 1 aliphatic rings. The van der Waals surface area contributed by atoms with Crippen molar-refractivity contribution in [2.45, 2.75) is 32.0 Å². The van der Waals surface area contributed by atoms with Crippen LogP contribution in [0.15, 0.2) is 36.4 Å². The Labute approximate surface area is 176 Å². The van der Waals surface area contributed by atoms with Crippen LogP contribution in [-0.2, 0) is 22.5 Å². The highest BCUT2D eigenvalue weighted by atomic mass is 19.1. The molecule has 0 spiro atoms. The Kier molecular flexibility index (Phi) is 7.29. The summed E-state index contributed by atoms with van der Waals surface area (Å²) in [5.41, 5.74) is 3.21. The second-order valence-electron chi connectivity index (χ2n) is 7.64. The number of amides is 1. The van der Waals surface area contributed by atoms with Gasteiger partial charge in [-0.05, 0) is 36.8 Å². The summed E-state index contributed by atoms with van der Waals surface area (Å²) in [6, 6.07) is 10.5. The van der Waals surface area contributed by atoms with Gasteiger partial charge in [-0.1, -0.05) is 12.1 Å². The molecule has 2 aromatic carbocycles. The summed E-state index contributed by atoms with van der Waals surface area (Å²) in [6.45, 7) is 3.51. The Morgan fingerprint density at radius 3 is 2.60 bits per heavy atom. The summed E-state index contributed by atoms with van der Waals surface area (Å²) in [6.07, 6.45) is 0.857. The van der Waals surface area contributed by atoms with E-state index in [1.165, 1.54) is 23.6 Å². The van der Waals surface area contributed by atoms with Crippen LogP contribution in [0.1, 0.15) is 29.7 Å². The molecule has 3 atom stereocenters. The van der Waals surface area contributed by atoms with Gasteiger partial charge in [-0.25, -0.2) is 4.39 Å². The Balaban J connectivity index is 1.97. The zero-order valence-electron chi connectivity index (χ0n) is 18.0. The van der Waals surface area contributed by atoms with E-state index in [-0.39, 0.29) is 30.4 Å². The summed E-state index contributed by atoms with van der Waals surface area (Å²) < 4.78 is 29.7. The maximum absolute atomic E-state index is 13.7. The molecule has 1 unspecified atom stereocenters. The van der Waals surface area contributed by atoms with Gasteiger partial charge in [-0.3, -0.25) is 4.79 Å². The number of rotatable bonds is 8. The number of nitrogens with one attached hydrogen (secondary N) is 2. The lowest BCUT2D eigenvalue weighted by Crippen LogP contribution is -3.13. The van der Waals surface area contributed by atoms with Crippen molar-refractivity contribution >= 4 is 5.91 Å². The summed E-state index contributed by atoms with van der Waals surface area (Å²) in [7, 11) is 4.74. The zero-order valence-corrected chi connectivity index (χ0v) is 18.0. The van der Waals surface area contributed by atoms with Gasteiger partial charge in [-0.2, -0.15) is 0 Å². The second-order valence-corrected chi connectivity index (χ2v) is 7.64. The van der Waals surface area contributed by atoms with Crippen molar-refractivity contribution in [2.75, 3.05) is 34.5 Å². The zero-order chi connectivity index (χ0) is 21.7. The van der Waals surface area contributed by atoms with Crippen molar-refractivity contribution in [3.63, 3.8) is 0 Å². The highest BCUT2D eigenvalue weighted by Gasteiger charge is 2.37. The van der Waals surface area contributed by atoms with Crippen LogP contribution < -0.4 is 19.7 Å². The number of quaternary nitrogens is 1. The highest BCUT2D eigenvalue weighted by Crippen LogP contribution is 2.35. The van der Waals surface area contributed by atoms with E-state index in [9.17, 15) is 9.18 Å². The molecule has 2 aromatic rings. The van der Waals surface area contributed by atoms with Crippen molar-refractivity contribution < 1.29 is 28.3 Å². The fraction of sp³-hybridized carbons (Fsp3) is 0.435.